The van der Waals surface area contributed by atoms with Crippen LogP contribution in [0.5, 0.6) is 0 Å². The molecule has 1 heterocycles. The van der Waals surface area contributed by atoms with E-state index in [0.717, 1.165) is 0 Å². The average Bonchev–Trinajstić information content (AvgIpc) is 3.05. The number of esters is 1. The minimum Gasteiger partial charge on any atom is -0.432 e. The lowest BCUT2D eigenvalue weighted by Crippen LogP contribution is -2.43. The third-order valence-corrected chi connectivity index (χ3v) is 11.5. The Balaban J connectivity index is 2.22. The summed E-state index contributed by atoms with van der Waals surface area (Å²) >= 11 is 0. The molecule has 1 saturated heterocycles. The summed E-state index contributed by atoms with van der Waals surface area (Å²) in [7, 11) is -6.09. The Morgan fingerprint density at radius 1 is 1.15 bits per heavy atom. The number of rotatable bonds is 12. The van der Waals surface area contributed by atoms with Gasteiger partial charge >= 0.3 is 13.6 Å². The highest BCUT2D eigenvalue weighted by atomic mass is 31.2. The van der Waals surface area contributed by atoms with Gasteiger partial charge in [-0.25, -0.2) is 4.79 Å². The van der Waals surface area contributed by atoms with Crippen LogP contribution >= 0.6 is 7.60 Å². The van der Waals surface area contributed by atoms with E-state index in [0.29, 0.717) is 12.0 Å². The predicted octanol–water partition coefficient (Wildman–Crippen LogP) is 5.57. The van der Waals surface area contributed by atoms with Crippen molar-refractivity contribution in [1.29, 1.82) is 0 Å². The van der Waals surface area contributed by atoms with Gasteiger partial charge < -0.3 is 28.1 Å². The molecule has 1 fully saturated rings. The molecule has 0 radical (unpaired) electrons. The molecule has 34 heavy (non-hydrogen) atoms. The zero-order valence-corrected chi connectivity index (χ0v) is 23.5. The molecule has 0 amide bonds. The summed E-state index contributed by atoms with van der Waals surface area (Å²) in [4.78, 5) is 23.6. The number of hydrogen-bond donors (Lipinski definition) is 1. The molecular weight excluding hydrogens is 475 g/mol. The van der Waals surface area contributed by atoms with Crippen LogP contribution in [0.25, 0.3) is 0 Å². The number of ether oxygens (including phenoxy) is 3. The lowest BCUT2D eigenvalue weighted by Gasteiger charge is -2.39. The second kappa shape index (κ2) is 11.8. The van der Waals surface area contributed by atoms with Crippen LogP contribution in [0.3, 0.4) is 0 Å². The van der Waals surface area contributed by atoms with E-state index in [-0.39, 0.29) is 31.1 Å². The highest BCUT2D eigenvalue weighted by molar-refractivity contribution is 7.53. The van der Waals surface area contributed by atoms with Crippen LogP contribution in [0.1, 0.15) is 58.3 Å². The van der Waals surface area contributed by atoms with Crippen molar-refractivity contribution in [1.82, 2.24) is 0 Å². The first kappa shape index (κ1) is 29.2. The number of benzene rings is 1. The highest BCUT2D eigenvalue weighted by Crippen LogP contribution is 2.52. The molecule has 1 aromatic carbocycles. The quantitative estimate of drug-likeness (QED) is 0.219. The molecule has 0 aliphatic carbocycles. The second-order valence-electron chi connectivity index (χ2n) is 10.5. The largest absolute Gasteiger partial charge is 0.432 e. The fourth-order valence-electron chi connectivity index (χ4n) is 3.63. The lowest BCUT2D eigenvalue weighted by atomic mass is 9.92. The molecule has 0 saturated carbocycles. The lowest BCUT2D eigenvalue weighted by molar-refractivity contribution is -0.1000. The van der Waals surface area contributed by atoms with E-state index >= 15 is 0 Å². The number of hydrogen-bond acceptors (Lipinski definition) is 8. The van der Waals surface area contributed by atoms with E-state index in [4.69, 9.17) is 23.3 Å². The summed E-state index contributed by atoms with van der Waals surface area (Å²) < 4.78 is 42.1. The molecule has 8 nitrogen and oxygen atoms in total. The fraction of sp³-hybridized carbons (Fsp3) is 0.708. The van der Waals surface area contributed by atoms with Gasteiger partial charge in [0.15, 0.2) is 8.32 Å². The minimum absolute atomic E-state index is 0.157. The molecule has 1 aliphatic rings. The van der Waals surface area contributed by atoms with Crippen LogP contribution in [0.2, 0.25) is 18.1 Å². The van der Waals surface area contributed by atoms with Crippen molar-refractivity contribution in [3.05, 3.63) is 35.9 Å². The zero-order valence-electron chi connectivity index (χ0n) is 21.6. The normalized spacial score (nSPS) is 21.9. The Bertz CT molecular complexity index is 823. The first-order valence-corrected chi connectivity index (χ1v) is 16.5. The molecule has 0 bridgehead atoms. The predicted molar refractivity (Wildman–Crippen MR) is 133 cm³/mol. The maximum absolute atomic E-state index is 13.3. The molecule has 1 N–H and O–H groups in total. The number of carbonyl (C=O) groups excluding carboxylic acids is 1. The van der Waals surface area contributed by atoms with E-state index in [1.54, 1.807) is 52.0 Å². The van der Waals surface area contributed by atoms with E-state index in [2.05, 4.69) is 0 Å². The van der Waals surface area contributed by atoms with Crippen LogP contribution in [0.15, 0.2) is 30.3 Å². The van der Waals surface area contributed by atoms with Crippen LogP contribution < -0.4 is 0 Å². The summed E-state index contributed by atoms with van der Waals surface area (Å²) in [6.45, 7) is 15.1. The van der Waals surface area contributed by atoms with Crippen molar-refractivity contribution in [2.24, 2.45) is 5.92 Å². The Morgan fingerprint density at radius 2 is 1.71 bits per heavy atom. The molecule has 2 rings (SSSR count). The Labute approximate surface area is 204 Å². The summed E-state index contributed by atoms with van der Waals surface area (Å²) in [6, 6.07) is 8.70. The van der Waals surface area contributed by atoms with Crippen LogP contribution in [0, 0.1) is 5.92 Å². The van der Waals surface area contributed by atoms with E-state index < -0.39 is 39.3 Å². The maximum atomic E-state index is 13.3. The fourth-order valence-corrected chi connectivity index (χ4v) is 6.20. The third kappa shape index (κ3) is 8.26. The van der Waals surface area contributed by atoms with Crippen LogP contribution in [-0.2, 0) is 27.8 Å². The van der Waals surface area contributed by atoms with Gasteiger partial charge in [-0.15, -0.1) is 0 Å². The molecule has 1 aromatic rings. The van der Waals surface area contributed by atoms with Gasteiger partial charge in [0, 0.05) is 0 Å². The van der Waals surface area contributed by atoms with Gasteiger partial charge in [0.2, 0.25) is 6.29 Å². The number of carbonyl (C=O) groups is 1. The van der Waals surface area contributed by atoms with Crippen molar-refractivity contribution < 1.29 is 37.4 Å². The van der Waals surface area contributed by atoms with Crippen molar-refractivity contribution in [3.8, 4) is 0 Å². The first-order chi connectivity index (χ1) is 15.6. The van der Waals surface area contributed by atoms with E-state index in [9.17, 15) is 14.2 Å². The van der Waals surface area contributed by atoms with Crippen LogP contribution in [-0.4, -0.2) is 56.6 Å². The first-order valence-electron chi connectivity index (χ1n) is 11.8. The molecule has 0 unspecified atom stereocenters. The van der Waals surface area contributed by atoms with Crippen molar-refractivity contribution in [2.75, 3.05) is 13.0 Å². The van der Waals surface area contributed by atoms with Gasteiger partial charge in [-0.2, -0.15) is 0 Å². The molecular formula is C24H41O8PSi. The third-order valence-electron chi connectivity index (χ3n) is 6.08. The van der Waals surface area contributed by atoms with Crippen LogP contribution in [0.4, 0.5) is 0 Å². The molecule has 194 valence electrons. The van der Waals surface area contributed by atoms with Gasteiger partial charge in [0.25, 0.3) is 0 Å². The van der Waals surface area contributed by atoms with Gasteiger partial charge in [0.05, 0.1) is 36.4 Å². The van der Waals surface area contributed by atoms with Crippen molar-refractivity contribution >= 4 is 21.9 Å². The van der Waals surface area contributed by atoms with E-state index in [1.165, 1.54) is 0 Å². The Hall–Kier alpha value is -1.06. The summed E-state index contributed by atoms with van der Waals surface area (Å²) in [6.07, 6.45) is -1.71. The molecule has 3 atom stereocenters. The van der Waals surface area contributed by atoms with E-state index in [1.807, 2.05) is 33.0 Å². The maximum Gasteiger partial charge on any atom is 0.356 e. The van der Waals surface area contributed by atoms with Gasteiger partial charge in [-0.3, -0.25) is 4.57 Å². The van der Waals surface area contributed by atoms with Gasteiger partial charge in [-0.1, -0.05) is 32.0 Å². The van der Waals surface area contributed by atoms with Gasteiger partial charge in [-0.05, 0) is 64.4 Å². The summed E-state index contributed by atoms with van der Waals surface area (Å²) in [5.41, 5.74) is 0.422. The zero-order chi connectivity index (χ0) is 25.7. The SMILES string of the molecule is CC(C)OP(=O)(CO[C@H]1CO[C@@H](OC(=O)c2ccccc2)[C@@H]1CC(C)(C)[Si](C)(C)O)OC(C)C. The molecule has 0 spiro atoms. The second-order valence-corrected chi connectivity index (χ2v) is 16.9. The van der Waals surface area contributed by atoms with Gasteiger partial charge in [0.1, 0.15) is 6.35 Å². The Morgan fingerprint density at radius 3 is 2.21 bits per heavy atom. The highest BCUT2D eigenvalue weighted by Gasteiger charge is 2.48. The monoisotopic (exact) mass is 516 g/mol. The topological polar surface area (TPSA) is 101 Å². The minimum atomic E-state index is -3.52. The van der Waals surface area contributed by atoms with Crippen molar-refractivity contribution in [2.45, 2.75) is 90.7 Å². The molecule has 10 heteroatoms. The summed E-state index contributed by atoms with van der Waals surface area (Å²) in [5.74, 6) is -0.861. The average molecular weight is 517 g/mol. The molecule has 1 aliphatic heterocycles. The smallest absolute Gasteiger partial charge is 0.356 e. The Kier molecular flexibility index (Phi) is 10.1. The van der Waals surface area contributed by atoms with Crippen molar-refractivity contribution in [3.63, 3.8) is 0 Å². The molecule has 0 aromatic heterocycles. The summed E-state index contributed by atoms with van der Waals surface area (Å²) in [5, 5.41) is -0.420. The standard InChI is InChI=1S/C24H41O8PSi/c1-17(2)31-33(26,32-18(3)4)16-29-21-15-28-23(20(21)14-24(5,6)34(7,8)27)30-22(25)19-12-10-9-11-13-19/h9-13,17-18,20-21,23,27H,14-16H2,1-8H3/t20-,21+,23+/m1/s1.